The second-order valence-electron chi connectivity index (χ2n) is 7.01. The van der Waals surface area contributed by atoms with Crippen molar-refractivity contribution in [2.45, 2.75) is 52.9 Å². The number of benzene rings is 2. The fraction of sp³-hybridized carbons (Fsp3) is 0.409. The largest absolute Gasteiger partial charge is 0.494 e. The molecule has 0 saturated heterocycles. The third-order valence-electron chi connectivity index (χ3n) is 4.31. The zero-order valence-corrected chi connectivity index (χ0v) is 16.4. The van der Waals surface area contributed by atoms with Crippen molar-refractivity contribution in [2.75, 3.05) is 6.61 Å². The molecule has 1 aliphatic heterocycles. The van der Waals surface area contributed by atoms with E-state index in [9.17, 15) is 4.79 Å². The molecule has 0 aromatic heterocycles. The van der Waals surface area contributed by atoms with Gasteiger partial charge in [-0.3, -0.25) is 4.79 Å². The van der Waals surface area contributed by atoms with Crippen LogP contribution in [0.15, 0.2) is 36.4 Å². The molecule has 1 unspecified atom stereocenters. The van der Waals surface area contributed by atoms with Gasteiger partial charge >= 0.3 is 0 Å². The minimum Gasteiger partial charge on any atom is -0.494 e. The van der Waals surface area contributed by atoms with E-state index in [4.69, 9.17) is 14.2 Å². The number of hydrogen-bond acceptors (Lipinski definition) is 4. The van der Waals surface area contributed by atoms with Crippen LogP contribution in [0.2, 0.25) is 0 Å². The molecule has 1 atom stereocenters. The lowest BCUT2D eigenvalue weighted by Gasteiger charge is -2.14. The fourth-order valence-electron chi connectivity index (χ4n) is 3.14. The van der Waals surface area contributed by atoms with Crippen LogP contribution in [0.25, 0.3) is 0 Å². The molecular weight excluding hydrogens is 342 g/mol. The molecule has 0 fully saturated rings. The highest BCUT2D eigenvalue weighted by atomic mass is 16.5. The van der Waals surface area contributed by atoms with Crippen LogP contribution < -0.4 is 19.5 Å². The molecule has 0 bridgehead atoms. The standard InChI is InChI=1S/C22H27NO4/c1-5-25-20-11-17-10-15(4)27-21(17)12-18(20)13-23-22(24)16-6-8-19(9-7-16)26-14(2)3/h6-9,11-12,14-15H,5,10,13H2,1-4H3,(H,23,24). The van der Waals surface area contributed by atoms with E-state index >= 15 is 0 Å². The number of hydrogen-bond donors (Lipinski definition) is 1. The summed E-state index contributed by atoms with van der Waals surface area (Å²) in [6, 6.07) is 11.2. The zero-order valence-electron chi connectivity index (χ0n) is 16.4. The number of carbonyl (C=O) groups excluding carboxylic acids is 1. The highest BCUT2D eigenvalue weighted by Gasteiger charge is 2.22. The van der Waals surface area contributed by atoms with Crippen molar-refractivity contribution in [2.24, 2.45) is 0 Å². The van der Waals surface area contributed by atoms with E-state index in [1.54, 1.807) is 12.1 Å². The van der Waals surface area contributed by atoms with Crippen LogP contribution in [0.1, 0.15) is 49.2 Å². The van der Waals surface area contributed by atoms with E-state index in [2.05, 4.69) is 12.2 Å². The van der Waals surface area contributed by atoms with Gasteiger partial charge in [-0.2, -0.15) is 0 Å². The number of fused-ring (bicyclic) bond motifs is 1. The summed E-state index contributed by atoms with van der Waals surface area (Å²) in [6.07, 6.45) is 1.16. The molecule has 2 aromatic rings. The Kier molecular flexibility index (Phi) is 5.89. The van der Waals surface area contributed by atoms with Crippen molar-refractivity contribution in [1.29, 1.82) is 0 Å². The van der Waals surface area contributed by atoms with Gasteiger partial charge in [0.1, 0.15) is 23.4 Å². The van der Waals surface area contributed by atoms with Crippen LogP contribution in [0.3, 0.4) is 0 Å². The van der Waals surface area contributed by atoms with Crippen molar-refractivity contribution in [1.82, 2.24) is 5.32 Å². The predicted octanol–water partition coefficient (Wildman–Crippen LogP) is 4.13. The summed E-state index contributed by atoms with van der Waals surface area (Å²) in [4.78, 5) is 12.5. The van der Waals surface area contributed by atoms with Crippen LogP contribution >= 0.6 is 0 Å². The Bertz CT molecular complexity index is 799. The average molecular weight is 369 g/mol. The number of amides is 1. The van der Waals surface area contributed by atoms with E-state index in [0.717, 1.165) is 34.8 Å². The minimum atomic E-state index is -0.136. The first-order chi connectivity index (χ1) is 13.0. The lowest BCUT2D eigenvalue weighted by molar-refractivity contribution is 0.0950. The Morgan fingerprint density at radius 3 is 2.67 bits per heavy atom. The normalized spacial score (nSPS) is 15.2. The van der Waals surface area contributed by atoms with Crippen LogP contribution in [-0.4, -0.2) is 24.7 Å². The molecule has 0 spiro atoms. The van der Waals surface area contributed by atoms with E-state index in [1.807, 2.05) is 45.0 Å². The number of nitrogens with one attached hydrogen (secondary N) is 1. The first kappa shape index (κ1) is 19.1. The summed E-state index contributed by atoms with van der Waals surface area (Å²) >= 11 is 0. The smallest absolute Gasteiger partial charge is 0.251 e. The zero-order chi connectivity index (χ0) is 19.4. The Morgan fingerprint density at radius 2 is 2.00 bits per heavy atom. The first-order valence-electron chi connectivity index (χ1n) is 9.46. The second kappa shape index (κ2) is 8.33. The molecule has 2 aromatic carbocycles. The Balaban J connectivity index is 1.68. The molecule has 3 rings (SSSR count). The lowest BCUT2D eigenvalue weighted by atomic mass is 10.1. The molecule has 1 N–H and O–H groups in total. The topological polar surface area (TPSA) is 56.8 Å². The average Bonchev–Trinajstić information content (AvgIpc) is 2.98. The molecule has 0 saturated carbocycles. The molecule has 27 heavy (non-hydrogen) atoms. The van der Waals surface area contributed by atoms with Gasteiger partial charge in [0.15, 0.2) is 0 Å². The van der Waals surface area contributed by atoms with Gasteiger partial charge in [-0.05, 0) is 64.1 Å². The summed E-state index contributed by atoms with van der Waals surface area (Å²) in [5.74, 6) is 2.30. The van der Waals surface area contributed by atoms with Gasteiger partial charge in [0, 0.05) is 29.7 Å². The number of ether oxygens (including phenoxy) is 3. The van der Waals surface area contributed by atoms with Crippen LogP contribution in [0.4, 0.5) is 0 Å². The third-order valence-corrected chi connectivity index (χ3v) is 4.31. The van der Waals surface area contributed by atoms with Gasteiger partial charge in [0.05, 0.1) is 12.7 Å². The van der Waals surface area contributed by atoms with E-state index < -0.39 is 0 Å². The Hall–Kier alpha value is -2.69. The van der Waals surface area contributed by atoms with Gasteiger partial charge in [0.2, 0.25) is 0 Å². The predicted molar refractivity (Wildman–Crippen MR) is 105 cm³/mol. The molecule has 5 nitrogen and oxygen atoms in total. The van der Waals surface area contributed by atoms with Crippen LogP contribution in [0, 0.1) is 0 Å². The Morgan fingerprint density at radius 1 is 1.26 bits per heavy atom. The lowest BCUT2D eigenvalue weighted by Crippen LogP contribution is -2.23. The third kappa shape index (κ3) is 4.73. The quantitative estimate of drug-likeness (QED) is 0.797. The molecular formula is C22H27NO4. The fourth-order valence-corrected chi connectivity index (χ4v) is 3.14. The highest BCUT2D eigenvalue weighted by molar-refractivity contribution is 5.94. The van der Waals surface area contributed by atoms with Crippen molar-refractivity contribution in [3.63, 3.8) is 0 Å². The molecule has 1 amide bonds. The van der Waals surface area contributed by atoms with Gasteiger partial charge in [-0.1, -0.05) is 0 Å². The van der Waals surface area contributed by atoms with Gasteiger partial charge in [-0.15, -0.1) is 0 Å². The first-order valence-corrected chi connectivity index (χ1v) is 9.46. The molecule has 1 heterocycles. The summed E-state index contributed by atoms with van der Waals surface area (Å²) in [7, 11) is 0. The van der Waals surface area contributed by atoms with E-state index in [1.165, 1.54) is 0 Å². The minimum absolute atomic E-state index is 0.103. The van der Waals surface area contributed by atoms with Crippen LogP contribution in [-0.2, 0) is 13.0 Å². The molecule has 0 aliphatic carbocycles. The molecule has 144 valence electrons. The molecule has 1 aliphatic rings. The van der Waals surface area contributed by atoms with Crippen molar-refractivity contribution < 1.29 is 19.0 Å². The molecule has 0 radical (unpaired) electrons. The highest BCUT2D eigenvalue weighted by Crippen LogP contribution is 2.35. The second-order valence-corrected chi connectivity index (χ2v) is 7.01. The maximum atomic E-state index is 12.5. The summed E-state index contributed by atoms with van der Waals surface area (Å²) < 4.78 is 17.2. The summed E-state index contributed by atoms with van der Waals surface area (Å²) in [5.41, 5.74) is 2.66. The summed E-state index contributed by atoms with van der Waals surface area (Å²) in [6.45, 7) is 8.90. The van der Waals surface area contributed by atoms with Crippen molar-refractivity contribution >= 4 is 5.91 Å². The maximum absolute atomic E-state index is 12.5. The summed E-state index contributed by atoms with van der Waals surface area (Å²) in [5, 5.41) is 2.96. The van der Waals surface area contributed by atoms with Gasteiger partial charge in [-0.25, -0.2) is 0 Å². The molecule has 5 heteroatoms. The van der Waals surface area contributed by atoms with Crippen LogP contribution in [0.5, 0.6) is 17.2 Å². The SMILES string of the molecule is CCOc1cc2c(cc1CNC(=O)c1ccc(OC(C)C)cc1)OC(C)C2. The number of carbonyl (C=O) groups is 1. The van der Waals surface area contributed by atoms with Gasteiger partial charge in [0.25, 0.3) is 5.91 Å². The van der Waals surface area contributed by atoms with Gasteiger partial charge < -0.3 is 19.5 Å². The number of rotatable bonds is 7. The van der Waals surface area contributed by atoms with Crippen molar-refractivity contribution in [3.05, 3.63) is 53.1 Å². The van der Waals surface area contributed by atoms with E-state index in [0.29, 0.717) is 18.7 Å². The maximum Gasteiger partial charge on any atom is 0.251 e. The Labute approximate surface area is 160 Å². The van der Waals surface area contributed by atoms with Crippen molar-refractivity contribution in [3.8, 4) is 17.2 Å². The monoisotopic (exact) mass is 369 g/mol. The van der Waals surface area contributed by atoms with E-state index in [-0.39, 0.29) is 18.1 Å².